The number of ether oxygens (including phenoxy) is 1. The van der Waals surface area contributed by atoms with Crippen molar-refractivity contribution in [3.8, 4) is 6.07 Å². The average molecular weight is 235 g/mol. The maximum Gasteiger partial charge on any atom is 0.421 e. The molecule has 0 fully saturated rings. The Kier molecular flexibility index (Phi) is 5.66. The molecule has 0 aliphatic rings. The molecule has 1 atom stereocenters. The third-order valence-electron chi connectivity index (χ3n) is 1.43. The van der Waals surface area contributed by atoms with Gasteiger partial charge in [0.2, 0.25) is 0 Å². The number of nitriles is 1. The van der Waals surface area contributed by atoms with Crippen LogP contribution in [0.2, 0.25) is 0 Å². The van der Waals surface area contributed by atoms with E-state index < -0.39 is 22.3 Å². The highest BCUT2D eigenvalue weighted by Crippen LogP contribution is 1.96. The van der Waals surface area contributed by atoms with Crippen molar-refractivity contribution in [2.24, 2.45) is 0 Å². The minimum Gasteiger partial charge on any atom is -0.452 e. The first-order chi connectivity index (χ1) is 6.95. The molecule has 0 heterocycles. The van der Waals surface area contributed by atoms with E-state index in [1.54, 1.807) is 10.8 Å². The summed E-state index contributed by atoms with van der Waals surface area (Å²) in [4.78, 5) is 10.6. The summed E-state index contributed by atoms with van der Waals surface area (Å²) in [6, 6.07) is 0.918. The molecule has 0 aliphatic heterocycles. The SMILES string of the molecule is CCCC(C#N)NS(=O)(=O)NC(=O)OC. The van der Waals surface area contributed by atoms with Crippen molar-refractivity contribution in [2.45, 2.75) is 25.8 Å². The summed E-state index contributed by atoms with van der Waals surface area (Å²) < 4.78 is 30.0. The van der Waals surface area contributed by atoms with Crippen molar-refractivity contribution in [3.63, 3.8) is 0 Å². The van der Waals surface area contributed by atoms with Crippen molar-refractivity contribution in [2.75, 3.05) is 7.11 Å². The minimum atomic E-state index is -4.02. The Hall–Kier alpha value is -1.33. The number of carbonyl (C=O) groups excluding carboxylic acids is 1. The Morgan fingerprint density at radius 1 is 1.60 bits per heavy atom. The van der Waals surface area contributed by atoms with Crippen molar-refractivity contribution in [3.05, 3.63) is 0 Å². The van der Waals surface area contributed by atoms with Crippen LogP contribution in [-0.4, -0.2) is 27.7 Å². The topological polar surface area (TPSA) is 108 Å². The van der Waals surface area contributed by atoms with Gasteiger partial charge in [-0.3, -0.25) is 0 Å². The molecular weight excluding hydrogens is 222 g/mol. The van der Waals surface area contributed by atoms with E-state index in [0.717, 1.165) is 7.11 Å². The standard InChI is InChI=1S/C7H13N3O4S/c1-3-4-6(5-8)9-15(12,13)10-7(11)14-2/h6,9H,3-4H2,1-2H3,(H,10,11). The lowest BCUT2D eigenvalue weighted by molar-refractivity contribution is 0.177. The molecule has 0 aliphatic carbocycles. The second-order valence-corrected chi connectivity index (χ2v) is 4.13. The zero-order valence-corrected chi connectivity index (χ0v) is 9.30. The number of carbonyl (C=O) groups is 1. The van der Waals surface area contributed by atoms with Gasteiger partial charge in [0.05, 0.1) is 13.2 Å². The van der Waals surface area contributed by atoms with Crippen LogP contribution in [0.3, 0.4) is 0 Å². The molecule has 0 aromatic carbocycles. The van der Waals surface area contributed by atoms with Crippen LogP contribution in [0.15, 0.2) is 0 Å². The fourth-order valence-corrected chi connectivity index (χ4v) is 1.71. The van der Waals surface area contributed by atoms with Crippen molar-refractivity contribution in [1.29, 1.82) is 5.26 Å². The van der Waals surface area contributed by atoms with Crippen LogP contribution in [0.25, 0.3) is 0 Å². The molecule has 8 heteroatoms. The van der Waals surface area contributed by atoms with Gasteiger partial charge in [0.25, 0.3) is 0 Å². The van der Waals surface area contributed by atoms with Gasteiger partial charge in [0, 0.05) is 0 Å². The van der Waals surface area contributed by atoms with E-state index in [0.29, 0.717) is 12.8 Å². The first-order valence-electron chi connectivity index (χ1n) is 4.22. The number of nitrogens with one attached hydrogen (secondary N) is 2. The molecule has 0 rings (SSSR count). The number of nitrogens with zero attached hydrogens (tertiary/aromatic N) is 1. The second kappa shape index (κ2) is 6.21. The average Bonchev–Trinajstić information content (AvgIpc) is 2.15. The number of rotatable bonds is 5. The Morgan fingerprint density at radius 2 is 2.20 bits per heavy atom. The first-order valence-corrected chi connectivity index (χ1v) is 5.71. The molecule has 0 saturated carbocycles. The molecule has 0 saturated heterocycles. The maximum atomic E-state index is 11.2. The van der Waals surface area contributed by atoms with E-state index >= 15 is 0 Å². The Morgan fingerprint density at radius 3 is 2.60 bits per heavy atom. The zero-order valence-electron chi connectivity index (χ0n) is 8.48. The lowest BCUT2D eigenvalue weighted by atomic mass is 10.2. The lowest BCUT2D eigenvalue weighted by Gasteiger charge is -2.10. The highest BCUT2D eigenvalue weighted by molar-refractivity contribution is 7.88. The molecule has 1 unspecified atom stereocenters. The molecule has 1 amide bonds. The highest BCUT2D eigenvalue weighted by atomic mass is 32.2. The van der Waals surface area contributed by atoms with Gasteiger partial charge in [-0.1, -0.05) is 13.3 Å². The van der Waals surface area contributed by atoms with Gasteiger partial charge in [-0.2, -0.15) is 18.4 Å². The predicted molar refractivity (Wildman–Crippen MR) is 51.9 cm³/mol. The maximum absolute atomic E-state index is 11.2. The number of amides is 1. The molecule has 0 bridgehead atoms. The predicted octanol–water partition coefficient (Wildman–Crippen LogP) is -0.131. The lowest BCUT2D eigenvalue weighted by Crippen LogP contribution is -2.44. The highest BCUT2D eigenvalue weighted by Gasteiger charge is 2.19. The minimum absolute atomic E-state index is 0.374. The third kappa shape index (κ3) is 5.87. The Bertz CT molecular complexity index is 346. The van der Waals surface area contributed by atoms with Crippen molar-refractivity contribution < 1.29 is 17.9 Å². The summed E-state index contributed by atoms with van der Waals surface area (Å²) in [6.07, 6.45) is -0.0759. The van der Waals surface area contributed by atoms with E-state index in [1.807, 2.05) is 11.6 Å². The first kappa shape index (κ1) is 13.7. The van der Waals surface area contributed by atoms with Gasteiger partial charge in [-0.15, -0.1) is 0 Å². The van der Waals surface area contributed by atoms with E-state index in [2.05, 4.69) is 4.74 Å². The van der Waals surface area contributed by atoms with E-state index in [9.17, 15) is 13.2 Å². The Labute approximate surface area is 88.6 Å². The van der Waals surface area contributed by atoms with Crippen LogP contribution in [0.4, 0.5) is 4.79 Å². The molecule has 0 aromatic heterocycles. The van der Waals surface area contributed by atoms with Crippen molar-refractivity contribution >= 4 is 16.3 Å². The van der Waals surface area contributed by atoms with Crippen molar-refractivity contribution in [1.82, 2.24) is 9.44 Å². The molecule has 86 valence electrons. The van der Waals surface area contributed by atoms with Gasteiger partial charge in [0.15, 0.2) is 0 Å². The van der Waals surface area contributed by atoms with Gasteiger partial charge < -0.3 is 4.74 Å². The molecule has 2 N–H and O–H groups in total. The van der Waals surface area contributed by atoms with Gasteiger partial charge in [0.1, 0.15) is 6.04 Å². The number of hydrogen-bond acceptors (Lipinski definition) is 5. The molecular formula is C7H13N3O4S. The largest absolute Gasteiger partial charge is 0.452 e. The number of methoxy groups -OCH3 is 1. The summed E-state index contributed by atoms with van der Waals surface area (Å²) in [5, 5.41) is 8.59. The zero-order chi connectivity index (χ0) is 11.9. The summed E-state index contributed by atoms with van der Waals surface area (Å²) in [5.74, 6) is 0. The monoisotopic (exact) mass is 235 g/mol. The smallest absolute Gasteiger partial charge is 0.421 e. The van der Waals surface area contributed by atoms with Crippen LogP contribution >= 0.6 is 0 Å². The van der Waals surface area contributed by atoms with E-state index in [4.69, 9.17) is 5.26 Å². The fourth-order valence-electron chi connectivity index (χ4n) is 0.807. The van der Waals surface area contributed by atoms with Gasteiger partial charge >= 0.3 is 16.3 Å². The second-order valence-electron chi connectivity index (χ2n) is 2.69. The van der Waals surface area contributed by atoms with Gasteiger partial charge in [-0.05, 0) is 6.42 Å². The molecule has 0 radical (unpaired) electrons. The summed E-state index contributed by atoms with van der Waals surface area (Å²) in [7, 11) is -2.98. The van der Waals surface area contributed by atoms with Crippen LogP contribution in [0, 0.1) is 11.3 Å². The molecule has 0 aromatic rings. The fraction of sp³-hybridized carbons (Fsp3) is 0.714. The summed E-state index contributed by atoms with van der Waals surface area (Å²) >= 11 is 0. The van der Waals surface area contributed by atoms with Crippen LogP contribution in [-0.2, 0) is 14.9 Å². The Balaban J connectivity index is 4.37. The summed E-state index contributed by atoms with van der Waals surface area (Å²) in [5.41, 5.74) is 0. The third-order valence-corrected chi connectivity index (χ3v) is 2.46. The van der Waals surface area contributed by atoms with E-state index in [1.165, 1.54) is 0 Å². The van der Waals surface area contributed by atoms with Crippen LogP contribution in [0.1, 0.15) is 19.8 Å². The van der Waals surface area contributed by atoms with Crippen LogP contribution < -0.4 is 9.44 Å². The molecule has 0 spiro atoms. The molecule has 15 heavy (non-hydrogen) atoms. The van der Waals surface area contributed by atoms with Gasteiger partial charge in [-0.25, -0.2) is 9.52 Å². The van der Waals surface area contributed by atoms with E-state index in [-0.39, 0.29) is 0 Å². The normalized spacial score (nSPS) is 12.6. The summed E-state index contributed by atoms with van der Waals surface area (Å²) in [6.45, 7) is 1.81. The van der Waals surface area contributed by atoms with Crippen LogP contribution in [0.5, 0.6) is 0 Å². The molecule has 7 nitrogen and oxygen atoms in total. The number of hydrogen-bond donors (Lipinski definition) is 2. The quantitative estimate of drug-likeness (QED) is 0.690.